The number of nitrogens with zero attached hydrogens (tertiary/aromatic N) is 1. The van der Waals surface area contributed by atoms with Crippen LogP contribution < -0.4 is 14.8 Å². The van der Waals surface area contributed by atoms with E-state index in [4.69, 9.17) is 9.47 Å². The molecule has 0 bridgehead atoms. The Balaban J connectivity index is 1.66. The molecule has 0 spiro atoms. The van der Waals surface area contributed by atoms with E-state index in [1.54, 1.807) is 7.11 Å². The lowest BCUT2D eigenvalue weighted by atomic mass is 9.96. The van der Waals surface area contributed by atoms with E-state index in [9.17, 15) is 0 Å². The molecule has 1 aromatic carbocycles. The van der Waals surface area contributed by atoms with E-state index >= 15 is 0 Å². The summed E-state index contributed by atoms with van der Waals surface area (Å²) in [6.45, 7) is 5.58. The highest BCUT2D eigenvalue weighted by atomic mass is 16.5. The Hall–Kier alpha value is -1.26. The normalized spacial score (nSPS) is 20.0. The van der Waals surface area contributed by atoms with Crippen LogP contribution >= 0.6 is 0 Å². The van der Waals surface area contributed by atoms with Crippen LogP contribution in [0.5, 0.6) is 11.5 Å². The van der Waals surface area contributed by atoms with Crippen LogP contribution in [0.3, 0.4) is 0 Å². The third kappa shape index (κ3) is 3.69. The fourth-order valence-corrected chi connectivity index (χ4v) is 2.92. The van der Waals surface area contributed by atoms with Gasteiger partial charge < -0.3 is 19.7 Å². The van der Waals surface area contributed by atoms with Gasteiger partial charge in [-0.05, 0) is 37.3 Å². The molecule has 2 fully saturated rings. The predicted octanol–water partition coefficient (Wildman–Crippen LogP) is 2.07. The van der Waals surface area contributed by atoms with E-state index in [-0.39, 0.29) is 0 Å². The second-order valence-corrected chi connectivity index (χ2v) is 5.96. The van der Waals surface area contributed by atoms with Gasteiger partial charge in [-0.2, -0.15) is 0 Å². The highest BCUT2D eigenvalue weighted by molar-refractivity contribution is 5.47. The van der Waals surface area contributed by atoms with Crippen molar-refractivity contribution in [2.75, 3.05) is 39.8 Å². The van der Waals surface area contributed by atoms with Gasteiger partial charge in [0.1, 0.15) is 0 Å². The van der Waals surface area contributed by atoms with E-state index in [1.807, 2.05) is 6.07 Å². The average Bonchev–Trinajstić information content (AvgIpc) is 2.50. The van der Waals surface area contributed by atoms with Gasteiger partial charge in [-0.1, -0.05) is 12.1 Å². The maximum atomic E-state index is 6.19. The van der Waals surface area contributed by atoms with Gasteiger partial charge in [-0.25, -0.2) is 0 Å². The molecule has 0 aromatic heterocycles. The molecule has 1 aromatic rings. The number of ether oxygens (including phenoxy) is 2. The van der Waals surface area contributed by atoms with Crippen molar-refractivity contribution in [3.05, 3.63) is 23.8 Å². The Kier molecular flexibility index (Phi) is 4.99. The topological polar surface area (TPSA) is 33.7 Å². The molecule has 1 aliphatic heterocycles. The highest BCUT2D eigenvalue weighted by Crippen LogP contribution is 2.35. The molecule has 0 unspecified atom stereocenters. The van der Waals surface area contributed by atoms with Crippen LogP contribution in [0.1, 0.15) is 24.8 Å². The number of hydrogen-bond acceptors (Lipinski definition) is 4. The minimum atomic E-state index is 0.388. The van der Waals surface area contributed by atoms with Crippen LogP contribution in [-0.4, -0.2) is 50.8 Å². The standard InChI is InChI=1S/C17H26N2O2/c1-20-16-7-2-4-14(17(16)21-15-5-3-6-15)8-11-19-12-9-18-10-13-19/h2,4,7,15,18H,3,5-6,8-13H2,1H3. The van der Waals surface area contributed by atoms with Crippen LogP contribution in [0.4, 0.5) is 0 Å². The lowest BCUT2D eigenvalue weighted by molar-refractivity contribution is 0.114. The second-order valence-electron chi connectivity index (χ2n) is 5.96. The summed E-state index contributed by atoms with van der Waals surface area (Å²) < 4.78 is 11.7. The van der Waals surface area contributed by atoms with Crippen molar-refractivity contribution < 1.29 is 9.47 Å². The van der Waals surface area contributed by atoms with Gasteiger partial charge in [0.25, 0.3) is 0 Å². The van der Waals surface area contributed by atoms with Gasteiger partial charge in [0.05, 0.1) is 13.2 Å². The summed E-state index contributed by atoms with van der Waals surface area (Å²) in [4.78, 5) is 2.52. The fraction of sp³-hybridized carbons (Fsp3) is 0.647. The lowest BCUT2D eigenvalue weighted by Gasteiger charge is -2.30. The van der Waals surface area contributed by atoms with Crippen LogP contribution in [0, 0.1) is 0 Å². The number of benzene rings is 1. The number of para-hydroxylation sites is 1. The Bertz CT molecular complexity index is 454. The van der Waals surface area contributed by atoms with Crippen molar-refractivity contribution in [1.29, 1.82) is 0 Å². The number of hydrogen-bond donors (Lipinski definition) is 1. The summed E-state index contributed by atoms with van der Waals surface area (Å²) in [5.74, 6) is 1.85. The summed E-state index contributed by atoms with van der Waals surface area (Å²) in [6, 6.07) is 6.25. The molecule has 1 aliphatic carbocycles. The summed E-state index contributed by atoms with van der Waals surface area (Å²) in [6.07, 6.45) is 5.05. The predicted molar refractivity (Wildman–Crippen MR) is 84.3 cm³/mol. The minimum absolute atomic E-state index is 0.388. The number of piperazine rings is 1. The molecule has 3 rings (SSSR count). The first kappa shape index (κ1) is 14.7. The molecule has 2 aliphatic rings. The monoisotopic (exact) mass is 290 g/mol. The molecular formula is C17H26N2O2. The SMILES string of the molecule is COc1cccc(CCN2CCNCC2)c1OC1CCC1. The Morgan fingerprint density at radius 3 is 2.71 bits per heavy atom. The maximum Gasteiger partial charge on any atom is 0.164 e. The van der Waals surface area contributed by atoms with Gasteiger partial charge in [-0.15, -0.1) is 0 Å². The van der Waals surface area contributed by atoms with Crippen molar-refractivity contribution in [3.8, 4) is 11.5 Å². The van der Waals surface area contributed by atoms with Crippen LogP contribution in [0.2, 0.25) is 0 Å². The van der Waals surface area contributed by atoms with Crippen LogP contribution in [0.15, 0.2) is 18.2 Å². The zero-order valence-corrected chi connectivity index (χ0v) is 12.9. The van der Waals surface area contributed by atoms with Gasteiger partial charge in [0.15, 0.2) is 11.5 Å². The molecule has 1 saturated heterocycles. The van der Waals surface area contributed by atoms with Gasteiger partial charge in [0, 0.05) is 32.7 Å². The average molecular weight is 290 g/mol. The number of nitrogens with one attached hydrogen (secondary N) is 1. The Labute approximate surface area is 127 Å². The fourth-order valence-electron chi connectivity index (χ4n) is 2.92. The summed E-state index contributed by atoms with van der Waals surface area (Å²) >= 11 is 0. The van der Waals surface area contributed by atoms with Crippen molar-refractivity contribution >= 4 is 0 Å². The minimum Gasteiger partial charge on any atom is -0.493 e. The molecule has 4 nitrogen and oxygen atoms in total. The first-order valence-corrected chi connectivity index (χ1v) is 8.12. The summed E-state index contributed by atoms with van der Waals surface area (Å²) in [5.41, 5.74) is 1.28. The van der Waals surface area contributed by atoms with Crippen molar-refractivity contribution in [2.45, 2.75) is 31.8 Å². The van der Waals surface area contributed by atoms with Gasteiger partial charge >= 0.3 is 0 Å². The number of rotatable bonds is 6. The van der Waals surface area contributed by atoms with E-state index in [0.717, 1.165) is 50.6 Å². The molecule has 0 radical (unpaired) electrons. The highest BCUT2D eigenvalue weighted by Gasteiger charge is 2.22. The maximum absolute atomic E-state index is 6.19. The molecule has 4 heteroatoms. The van der Waals surface area contributed by atoms with Crippen molar-refractivity contribution in [2.24, 2.45) is 0 Å². The zero-order valence-electron chi connectivity index (χ0n) is 12.9. The summed E-state index contributed by atoms with van der Waals surface area (Å²) in [7, 11) is 1.73. The van der Waals surface area contributed by atoms with E-state index in [0.29, 0.717) is 6.10 Å². The Morgan fingerprint density at radius 2 is 2.05 bits per heavy atom. The molecule has 0 amide bonds. The third-order valence-corrected chi connectivity index (χ3v) is 4.52. The van der Waals surface area contributed by atoms with E-state index in [2.05, 4.69) is 22.3 Å². The van der Waals surface area contributed by atoms with E-state index in [1.165, 1.54) is 24.8 Å². The van der Waals surface area contributed by atoms with Gasteiger partial charge in [0.2, 0.25) is 0 Å². The molecule has 1 saturated carbocycles. The molecule has 21 heavy (non-hydrogen) atoms. The van der Waals surface area contributed by atoms with Crippen LogP contribution in [-0.2, 0) is 6.42 Å². The van der Waals surface area contributed by atoms with Crippen molar-refractivity contribution in [1.82, 2.24) is 10.2 Å². The first-order valence-electron chi connectivity index (χ1n) is 8.12. The molecule has 116 valence electrons. The number of methoxy groups -OCH3 is 1. The van der Waals surface area contributed by atoms with Crippen LogP contribution in [0.25, 0.3) is 0 Å². The molecular weight excluding hydrogens is 264 g/mol. The lowest BCUT2D eigenvalue weighted by Crippen LogP contribution is -2.44. The zero-order chi connectivity index (χ0) is 14.5. The quantitative estimate of drug-likeness (QED) is 0.870. The first-order chi connectivity index (χ1) is 10.4. The smallest absolute Gasteiger partial charge is 0.164 e. The molecule has 1 N–H and O–H groups in total. The molecule has 1 heterocycles. The van der Waals surface area contributed by atoms with Crippen molar-refractivity contribution in [3.63, 3.8) is 0 Å². The summed E-state index contributed by atoms with van der Waals surface area (Å²) in [5, 5.41) is 3.40. The molecule has 0 atom stereocenters. The Morgan fingerprint density at radius 1 is 1.24 bits per heavy atom. The largest absolute Gasteiger partial charge is 0.493 e. The second kappa shape index (κ2) is 7.14. The van der Waals surface area contributed by atoms with E-state index < -0.39 is 0 Å². The van der Waals surface area contributed by atoms with Gasteiger partial charge in [-0.3, -0.25) is 0 Å². The third-order valence-electron chi connectivity index (χ3n) is 4.52.